The van der Waals surface area contributed by atoms with Gasteiger partial charge in [0.05, 0.1) is 13.7 Å². The fourth-order valence-electron chi connectivity index (χ4n) is 1.97. The number of carbonyl (C=O) groups excluding carboxylic acids is 1. The van der Waals surface area contributed by atoms with E-state index in [1.54, 1.807) is 25.4 Å². The predicted octanol–water partition coefficient (Wildman–Crippen LogP) is 3.02. The van der Waals surface area contributed by atoms with Crippen LogP contribution in [-0.4, -0.2) is 25.7 Å². The van der Waals surface area contributed by atoms with Crippen molar-refractivity contribution in [3.63, 3.8) is 0 Å². The topological polar surface area (TPSA) is 47.6 Å². The van der Waals surface area contributed by atoms with Crippen LogP contribution in [0, 0.1) is 0 Å². The van der Waals surface area contributed by atoms with Gasteiger partial charge in [-0.1, -0.05) is 12.1 Å². The van der Waals surface area contributed by atoms with Gasteiger partial charge >= 0.3 is 0 Å². The van der Waals surface area contributed by atoms with Crippen LogP contribution in [0.3, 0.4) is 0 Å². The molecule has 1 atom stereocenters. The first-order valence-corrected chi connectivity index (χ1v) is 8.16. The molecule has 0 fully saturated rings. The summed E-state index contributed by atoms with van der Waals surface area (Å²) < 4.78 is 10.8. The molecule has 0 radical (unpaired) electrons. The van der Waals surface area contributed by atoms with E-state index in [4.69, 9.17) is 9.47 Å². The van der Waals surface area contributed by atoms with Crippen molar-refractivity contribution in [2.75, 3.05) is 13.7 Å². The number of thiophene rings is 1. The van der Waals surface area contributed by atoms with E-state index >= 15 is 0 Å². The number of methoxy groups -OCH3 is 1. The molecule has 0 spiro atoms. The summed E-state index contributed by atoms with van der Waals surface area (Å²) >= 11 is 1.67. The molecule has 5 heteroatoms. The normalized spacial score (nSPS) is 11.9. The number of ether oxygens (including phenoxy) is 2. The lowest BCUT2D eigenvalue weighted by Crippen LogP contribution is -2.35. The molecule has 1 heterocycles. The van der Waals surface area contributed by atoms with Gasteiger partial charge in [-0.2, -0.15) is 11.3 Å². The fourth-order valence-corrected chi connectivity index (χ4v) is 2.67. The quantitative estimate of drug-likeness (QED) is 0.813. The van der Waals surface area contributed by atoms with Crippen molar-refractivity contribution in [2.24, 2.45) is 0 Å². The maximum absolute atomic E-state index is 12.0. The van der Waals surface area contributed by atoms with Crippen LogP contribution < -0.4 is 10.1 Å². The summed E-state index contributed by atoms with van der Waals surface area (Å²) in [5.74, 6) is 0.701. The summed E-state index contributed by atoms with van der Waals surface area (Å²) in [6.45, 7) is 2.78. The van der Waals surface area contributed by atoms with E-state index in [1.807, 2.05) is 29.6 Å². The maximum atomic E-state index is 12.0. The van der Waals surface area contributed by atoms with Crippen molar-refractivity contribution in [2.45, 2.75) is 26.1 Å². The molecule has 118 valence electrons. The van der Waals surface area contributed by atoms with E-state index in [1.165, 1.54) is 5.56 Å². The van der Waals surface area contributed by atoms with Crippen molar-refractivity contribution in [3.8, 4) is 5.75 Å². The highest BCUT2D eigenvalue weighted by Gasteiger charge is 2.13. The Bertz CT molecular complexity index is 583. The molecule has 0 aliphatic heterocycles. The minimum atomic E-state index is -0.478. The molecule has 1 amide bonds. The van der Waals surface area contributed by atoms with Crippen LogP contribution in [0.1, 0.15) is 18.1 Å². The summed E-state index contributed by atoms with van der Waals surface area (Å²) in [5.41, 5.74) is 2.23. The van der Waals surface area contributed by atoms with Crippen LogP contribution in [0.25, 0.3) is 0 Å². The van der Waals surface area contributed by atoms with E-state index in [0.717, 1.165) is 17.7 Å². The lowest BCUT2D eigenvalue weighted by Gasteiger charge is -2.13. The van der Waals surface area contributed by atoms with E-state index < -0.39 is 6.10 Å². The highest BCUT2D eigenvalue weighted by atomic mass is 32.1. The van der Waals surface area contributed by atoms with Gasteiger partial charge in [0.25, 0.3) is 0 Å². The predicted molar refractivity (Wildman–Crippen MR) is 88.3 cm³/mol. The molecule has 4 nitrogen and oxygen atoms in total. The molecule has 1 unspecified atom stereocenters. The number of hydrogen-bond donors (Lipinski definition) is 1. The largest absolute Gasteiger partial charge is 0.497 e. The Morgan fingerprint density at radius 2 is 2.18 bits per heavy atom. The molecule has 2 rings (SSSR count). The van der Waals surface area contributed by atoms with Crippen molar-refractivity contribution >= 4 is 17.2 Å². The number of hydrogen-bond acceptors (Lipinski definition) is 4. The van der Waals surface area contributed by atoms with Gasteiger partial charge in [0.15, 0.2) is 0 Å². The zero-order valence-electron chi connectivity index (χ0n) is 12.9. The Labute approximate surface area is 135 Å². The highest BCUT2D eigenvalue weighted by molar-refractivity contribution is 7.07. The minimum Gasteiger partial charge on any atom is -0.497 e. The third-order valence-corrected chi connectivity index (χ3v) is 4.03. The van der Waals surface area contributed by atoms with Crippen LogP contribution in [0.4, 0.5) is 0 Å². The molecule has 1 N–H and O–H groups in total. The van der Waals surface area contributed by atoms with Gasteiger partial charge in [-0.05, 0) is 53.4 Å². The van der Waals surface area contributed by atoms with Crippen molar-refractivity contribution in [1.29, 1.82) is 0 Å². The van der Waals surface area contributed by atoms with Crippen LogP contribution in [-0.2, 0) is 22.6 Å². The number of amides is 1. The van der Waals surface area contributed by atoms with Gasteiger partial charge in [0.1, 0.15) is 11.9 Å². The van der Waals surface area contributed by atoms with Crippen LogP contribution in [0.5, 0.6) is 5.75 Å². The summed E-state index contributed by atoms with van der Waals surface area (Å²) in [6.07, 6.45) is 0.367. The smallest absolute Gasteiger partial charge is 0.248 e. The van der Waals surface area contributed by atoms with Crippen molar-refractivity contribution < 1.29 is 14.3 Å². The number of rotatable bonds is 8. The molecular weight excluding hydrogens is 298 g/mol. The summed E-state index contributed by atoms with van der Waals surface area (Å²) in [7, 11) is 1.63. The zero-order chi connectivity index (χ0) is 15.8. The number of carbonyl (C=O) groups is 1. The minimum absolute atomic E-state index is 0.0851. The molecule has 0 saturated heterocycles. The van der Waals surface area contributed by atoms with Gasteiger partial charge < -0.3 is 14.8 Å². The Morgan fingerprint density at radius 3 is 2.91 bits per heavy atom. The molecule has 1 aromatic carbocycles. The average molecular weight is 319 g/mol. The molecule has 22 heavy (non-hydrogen) atoms. The summed E-state index contributed by atoms with van der Waals surface area (Å²) in [5, 5.41) is 7.03. The number of benzene rings is 1. The Hall–Kier alpha value is -1.85. The molecule has 0 bridgehead atoms. The van der Waals surface area contributed by atoms with E-state index in [-0.39, 0.29) is 5.91 Å². The number of nitrogens with one attached hydrogen (secondary N) is 1. The molecule has 0 aliphatic rings. The fraction of sp³-hybridized carbons (Fsp3) is 0.353. The SMILES string of the molecule is COc1cccc(COC(C)C(=O)NCCc2ccsc2)c1. The molecule has 0 saturated carbocycles. The van der Waals surface area contributed by atoms with Crippen LogP contribution in [0.2, 0.25) is 0 Å². The lowest BCUT2D eigenvalue weighted by atomic mass is 10.2. The maximum Gasteiger partial charge on any atom is 0.248 e. The van der Waals surface area contributed by atoms with Crippen molar-refractivity contribution in [3.05, 3.63) is 52.2 Å². The third-order valence-electron chi connectivity index (χ3n) is 3.30. The molecule has 0 aliphatic carbocycles. The lowest BCUT2D eigenvalue weighted by molar-refractivity contribution is -0.132. The Kier molecular flexibility index (Phi) is 6.43. The third kappa shape index (κ3) is 5.16. The molecule has 1 aromatic heterocycles. The summed E-state index contributed by atoms with van der Waals surface area (Å²) in [4.78, 5) is 12.0. The molecular formula is C17H21NO3S. The Balaban J connectivity index is 1.71. The van der Waals surface area contributed by atoms with E-state index in [0.29, 0.717) is 13.2 Å². The average Bonchev–Trinajstić information content (AvgIpc) is 3.06. The van der Waals surface area contributed by atoms with E-state index in [2.05, 4.69) is 16.8 Å². The first-order chi connectivity index (χ1) is 10.7. The zero-order valence-corrected chi connectivity index (χ0v) is 13.7. The monoisotopic (exact) mass is 319 g/mol. The van der Waals surface area contributed by atoms with Gasteiger partial charge in [0, 0.05) is 6.54 Å². The second-order valence-electron chi connectivity index (χ2n) is 4.98. The van der Waals surface area contributed by atoms with Gasteiger partial charge in [-0.25, -0.2) is 0 Å². The van der Waals surface area contributed by atoms with Gasteiger partial charge in [-0.15, -0.1) is 0 Å². The first-order valence-electron chi connectivity index (χ1n) is 7.22. The van der Waals surface area contributed by atoms with Gasteiger partial charge in [-0.3, -0.25) is 4.79 Å². The second kappa shape index (κ2) is 8.56. The van der Waals surface area contributed by atoms with Crippen LogP contribution in [0.15, 0.2) is 41.1 Å². The first kappa shape index (κ1) is 16.5. The Morgan fingerprint density at radius 1 is 1.32 bits per heavy atom. The highest BCUT2D eigenvalue weighted by Crippen LogP contribution is 2.14. The molecule has 2 aromatic rings. The second-order valence-corrected chi connectivity index (χ2v) is 5.76. The standard InChI is InChI=1S/C17H21NO3S/c1-13(17(19)18-8-6-14-7-9-22-12-14)21-11-15-4-3-5-16(10-15)20-2/h3-5,7,9-10,12-13H,6,8,11H2,1-2H3,(H,18,19). The van der Waals surface area contributed by atoms with E-state index in [9.17, 15) is 4.79 Å². The van der Waals surface area contributed by atoms with Crippen molar-refractivity contribution in [1.82, 2.24) is 5.32 Å². The summed E-state index contributed by atoms with van der Waals surface area (Å²) in [6, 6.07) is 9.71. The van der Waals surface area contributed by atoms with Gasteiger partial charge in [0.2, 0.25) is 5.91 Å². The van der Waals surface area contributed by atoms with Crippen LogP contribution >= 0.6 is 11.3 Å².